The molecule has 1 aliphatic heterocycles. The van der Waals surface area contributed by atoms with Crippen molar-refractivity contribution in [2.45, 2.75) is 45.1 Å². The van der Waals surface area contributed by atoms with Gasteiger partial charge in [-0.05, 0) is 50.3 Å². The number of hydrogen-bond acceptors (Lipinski definition) is 2. The number of nitrogens with one attached hydrogen (secondary N) is 1. The number of amides is 1. The average Bonchev–Trinajstić information content (AvgIpc) is 3.29. The van der Waals surface area contributed by atoms with Gasteiger partial charge in [0.05, 0.1) is 17.1 Å². The number of hydrogen-bond donors (Lipinski definition) is 1. The molecular formula is C22H25N3O. The van der Waals surface area contributed by atoms with Crippen molar-refractivity contribution < 1.29 is 4.79 Å². The molecule has 1 atom stereocenters. The number of imidazole rings is 1. The van der Waals surface area contributed by atoms with Gasteiger partial charge in [0, 0.05) is 13.0 Å². The van der Waals surface area contributed by atoms with Crippen LogP contribution in [0.4, 0.5) is 0 Å². The fourth-order valence-electron chi connectivity index (χ4n) is 3.82. The summed E-state index contributed by atoms with van der Waals surface area (Å²) >= 11 is 0. The monoisotopic (exact) mass is 347 g/mol. The van der Waals surface area contributed by atoms with Crippen molar-refractivity contribution in [3.63, 3.8) is 0 Å². The van der Waals surface area contributed by atoms with Crippen LogP contribution in [0.1, 0.15) is 48.7 Å². The summed E-state index contributed by atoms with van der Waals surface area (Å²) in [4.78, 5) is 22.9. The van der Waals surface area contributed by atoms with Crippen LogP contribution in [0, 0.1) is 6.92 Å². The van der Waals surface area contributed by atoms with Crippen LogP contribution in [0.25, 0.3) is 11.0 Å². The highest BCUT2D eigenvalue weighted by molar-refractivity contribution is 5.78. The summed E-state index contributed by atoms with van der Waals surface area (Å²) < 4.78 is 0. The minimum absolute atomic E-state index is 0.0919. The van der Waals surface area contributed by atoms with Crippen molar-refractivity contribution in [2.75, 3.05) is 6.54 Å². The summed E-state index contributed by atoms with van der Waals surface area (Å²) in [6.45, 7) is 2.93. The molecular weight excluding hydrogens is 322 g/mol. The first-order valence-corrected chi connectivity index (χ1v) is 9.50. The van der Waals surface area contributed by atoms with Gasteiger partial charge in [0.25, 0.3) is 0 Å². The Kier molecular flexibility index (Phi) is 4.74. The molecule has 2 aromatic carbocycles. The lowest BCUT2D eigenvalue weighted by Gasteiger charge is -2.23. The third kappa shape index (κ3) is 3.50. The van der Waals surface area contributed by atoms with Gasteiger partial charge < -0.3 is 9.88 Å². The Labute approximate surface area is 154 Å². The third-order valence-electron chi connectivity index (χ3n) is 5.27. The van der Waals surface area contributed by atoms with Crippen LogP contribution < -0.4 is 0 Å². The summed E-state index contributed by atoms with van der Waals surface area (Å²) in [6.07, 6.45) is 4.49. The number of carbonyl (C=O) groups is 1. The molecule has 4 nitrogen and oxygen atoms in total. The molecule has 1 N–H and O–H groups in total. The first-order chi connectivity index (χ1) is 12.7. The van der Waals surface area contributed by atoms with Crippen LogP contribution in [0.2, 0.25) is 0 Å². The minimum Gasteiger partial charge on any atom is -0.340 e. The number of rotatable bonds is 5. The lowest BCUT2D eigenvalue weighted by molar-refractivity contribution is -0.132. The molecule has 3 aromatic rings. The lowest BCUT2D eigenvalue weighted by atomic mass is 10.1. The summed E-state index contributed by atoms with van der Waals surface area (Å²) in [5, 5.41) is 0. The summed E-state index contributed by atoms with van der Waals surface area (Å²) in [5.74, 6) is 1.18. The molecule has 0 unspecified atom stereocenters. The first kappa shape index (κ1) is 16.8. The number of likely N-dealkylation sites (tertiary alicyclic amines) is 1. The quantitative estimate of drug-likeness (QED) is 0.735. The molecule has 1 fully saturated rings. The Hall–Kier alpha value is -2.62. The van der Waals surface area contributed by atoms with E-state index in [9.17, 15) is 4.79 Å². The SMILES string of the molecule is Cc1ccc(CCCC(=O)N2CCC[C@H]2c2nc3ccccc3[nH]2)cc1. The molecule has 4 rings (SSSR count). The van der Waals surface area contributed by atoms with E-state index in [1.54, 1.807) is 0 Å². The Morgan fingerprint density at radius 1 is 1.19 bits per heavy atom. The predicted molar refractivity (Wildman–Crippen MR) is 104 cm³/mol. The molecule has 0 spiro atoms. The van der Waals surface area contributed by atoms with Crippen LogP contribution in [0.3, 0.4) is 0 Å². The summed E-state index contributed by atoms with van der Waals surface area (Å²) in [5.41, 5.74) is 4.59. The molecule has 1 aromatic heterocycles. The van der Waals surface area contributed by atoms with E-state index in [4.69, 9.17) is 4.98 Å². The van der Waals surface area contributed by atoms with Crippen LogP contribution in [0.5, 0.6) is 0 Å². The van der Waals surface area contributed by atoms with Crippen molar-refractivity contribution in [2.24, 2.45) is 0 Å². The maximum absolute atomic E-state index is 12.8. The molecule has 1 amide bonds. The molecule has 0 radical (unpaired) electrons. The maximum Gasteiger partial charge on any atom is 0.223 e. The molecule has 2 heterocycles. The van der Waals surface area contributed by atoms with Gasteiger partial charge in [-0.25, -0.2) is 4.98 Å². The van der Waals surface area contributed by atoms with Crippen molar-refractivity contribution in [3.05, 3.63) is 65.5 Å². The molecule has 0 bridgehead atoms. The van der Waals surface area contributed by atoms with Crippen molar-refractivity contribution >= 4 is 16.9 Å². The number of carbonyl (C=O) groups excluding carboxylic acids is 1. The van der Waals surface area contributed by atoms with Crippen molar-refractivity contribution in [1.29, 1.82) is 0 Å². The highest BCUT2D eigenvalue weighted by Crippen LogP contribution is 2.32. The van der Waals surface area contributed by atoms with E-state index < -0.39 is 0 Å². The highest BCUT2D eigenvalue weighted by atomic mass is 16.2. The van der Waals surface area contributed by atoms with Gasteiger partial charge in [0.1, 0.15) is 5.82 Å². The number of aromatic amines is 1. The molecule has 1 aliphatic rings. The van der Waals surface area contributed by atoms with E-state index in [1.807, 2.05) is 29.2 Å². The molecule has 1 saturated heterocycles. The highest BCUT2D eigenvalue weighted by Gasteiger charge is 2.31. The number of benzene rings is 2. The summed E-state index contributed by atoms with van der Waals surface area (Å²) in [7, 11) is 0. The number of aryl methyl sites for hydroxylation is 2. The standard InChI is InChI=1S/C22H25N3O/c1-16-11-13-17(14-12-16)6-4-10-21(26)25-15-5-9-20(25)22-23-18-7-2-3-8-19(18)24-22/h2-3,7-8,11-14,20H,4-6,9-10,15H2,1H3,(H,23,24)/t20-/m0/s1. The lowest BCUT2D eigenvalue weighted by Crippen LogP contribution is -2.30. The topological polar surface area (TPSA) is 49.0 Å². The number of nitrogens with zero attached hydrogens (tertiary/aromatic N) is 2. The second kappa shape index (κ2) is 7.32. The molecule has 0 saturated carbocycles. The fourth-order valence-corrected chi connectivity index (χ4v) is 3.82. The van der Waals surface area contributed by atoms with E-state index >= 15 is 0 Å². The minimum atomic E-state index is 0.0919. The Morgan fingerprint density at radius 3 is 2.81 bits per heavy atom. The van der Waals surface area contributed by atoms with Crippen LogP contribution in [0.15, 0.2) is 48.5 Å². The van der Waals surface area contributed by atoms with Crippen molar-refractivity contribution in [3.8, 4) is 0 Å². The van der Waals surface area contributed by atoms with Gasteiger partial charge >= 0.3 is 0 Å². The smallest absolute Gasteiger partial charge is 0.223 e. The van der Waals surface area contributed by atoms with Crippen molar-refractivity contribution in [1.82, 2.24) is 14.9 Å². The normalized spacial score (nSPS) is 17.1. The van der Waals surface area contributed by atoms with E-state index in [0.717, 1.165) is 49.1 Å². The Balaban J connectivity index is 1.39. The zero-order valence-electron chi connectivity index (χ0n) is 15.2. The fraction of sp³-hybridized carbons (Fsp3) is 0.364. The maximum atomic E-state index is 12.8. The second-order valence-electron chi connectivity index (χ2n) is 7.22. The molecule has 134 valence electrons. The first-order valence-electron chi connectivity index (χ1n) is 9.50. The van der Waals surface area contributed by atoms with E-state index in [-0.39, 0.29) is 11.9 Å². The predicted octanol–water partition coefficient (Wildman–Crippen LogP) is 4.56. The second-order valence-corrected chi connectivity index (χ2v) is 7.22. The average molecular weight is 347 g/mol. The van der Waals surface area contributed by atoms with Crippen LogP contribution in [-0.2, 0) is 11.2 Å². The number of aromatic nitrogens is 2. The Morgan fingerprint density at radius 2 is 2.00 bits per heavy atom. The largest absolute Gasteiger partial charge is 0.340 e. The number of para-hydroxylation sites is 2. The van der Waals surface area contributed by atoms with Gasteiger partial charge in [-0.15, -0.1) is 0 Å². The molecule has 0 aliphatic carbocycles. The molecule has 4 heteroatoms. The molecule has 26 heavy (non-hydrogen) atoms. The van der Waals surface area contributed by atoms with Gasteiger partial charge in [0.2, 0.25) is 5.91 Å². The van der Waals surface area contributed by atoms with Gasteiger partial charge in [0.15, 0.2) is 0 Å². The third-order valence-corrected chi connectivity index (χ3v) is 5.27. The van der Waals surface area contributed by atoms with Gasteiger partial charge in [-0.1, -0.05) is 42.0 Å². The zero-order chi connectivity index (χ0) is 17.9. The van der Waals surface area contributed by atoms with Crippen LogP contribution >= 0.6 is 0 Å². The number of H-pyrrole nitrogens is 1. The summed E-state index contributed by atoms with van der Waals surface area (Å²) in [6, 6.07) is 16.7. The van der Waals surface area contributed by atoms with Gasteiger partial charge in [-0.3, -0.25) is 4.79 Å². The van der Waals surface area contributed by atoms with E-state index in [2.05, 4.69) is 36.2 Å². The number of fused-ring (bicyclic) bond motifs is 1. The van der Waals surface area contributed by atoms with Crippen LogP contribution in [-0.4, -0.2) is 27.3 Å². The van der Waals surface area contributed by atoms with Gasteiger partial charge in [-0.2, -0.15) is 0 Å². The van der Waals surface area contributed by atoms with E-state index in [1.165, 1.54) is 11.1 Å². The van der Waals surface area contributed by atoms with E-state index in [0.29, 0.717) is 6.42 Å². The zero-order valence-corrected chi connectivity index (χ0v) is 15.2. The Bertz CT molecular complexity index is 864.